The van der Waals surface area contributed by atoms with Crippen LogP contribution in [-0.2, 0) is 4.74 Å². The van der Waals surface area contributed by atoms with Gasteiger partial charge in [-0.05, 0) is 35.4 Å². The zero-order chi connectivity index (χ0) is 17.6. The minimum absolute atomic E-state index is 0.100. The number of hydrogen-bond donors (Lipinski definition) is 1. The molecular formula is C21H21NO3. The summed E-state index contributed by atoms with van der Waals surface area (Å²) in [5, 5.41) is 5.36. The molecular weight excluding hydrogens is 314 g/mol. The standard InChI is InChI=1S/C21H21NO3/c1-15(17-12-7-9-16-8-3-4-10-18(16)17)22-21(23)19-11-5-6-13-20(19)25-14-24-2/h3-13,15H,14H2,1-2H3,(H,22,23)/t15-/m0/s1. The Labute approximate surface area is 147 Å². The van der Waals surface area contributed by atoms with Crippen molar-refractivity contribution in [1.29, 1.82) is 0 Å². The number of hydrogen-bond acceptors (Lipinski definition) is 3. The van der Waals surface area contributed by atoms with Crippen molar-refractivity contribution in [2.45, 2.75) is 13.0 Å². The van der Waals surface area contributed by atoms with Crippen LogP contribution in [-0.4, -0.2) is 19.8 Å². The third kappa shape index (κ3) is 3.80. The van der Waals surface area contributed by atoms with Crippen molar-refractivity contribution in [2.75, 3.05) is 13.9 Å². The second kappa shape index (κ2) is 7.81. The van der Waals surface area contributed by atoms with Crippen LogP contribution in [0.3, 0.4) is 0 Å². The maximum atomic E-state index is 12.7. The number of nitrogens with one attached hydrogen (secondary N) is 1. The van der Waals surface area contributed by atoms with E-state index in [1.807, 2.05) is 43.3 Å². The van der Waals surface area contributed by atoms with Gasteiger partial charge in [0, 0.05) is 7.11 Å². The molecule has 4 nitrogen and oxygen atoms in total. The summed E-state index contributed by atoms with van der Waals surface area (Å²) >= 11 is 0. The van der Waals surface area contributed by atoms with Crippen LogP contribution in [0.25, 0.3) is 10.8 Å². The molecule has 0 aliphatic carbocycles. The predicted molar refractivity (Wildman–Crippen MR) is 98.8 cm³/mol. The molecule has 3 aromatic carbocycles. The highest BCUT2D eigenvalue weighted by atomic mass is 16.7. The zero-order valence-corrected chi connectivity index (χ0v) is 14.4. The molecule has 0 heterocycles. The van der Waals surface area contributed by atoms with Gasteiger partial charge in [-0.25, -0.2) is 0 Å². The second-order valence-corrected chi connectivity index (χ2v) is 5.81. The SMILES string of the molecule is COCOc1ccccc1C(=O)N[C@@H](C)c1cccc2ccccc12. The maximum Gasteiger partial charge on any atom is 0.255 e. The largest absolute Gasteiger partial charge is 0.467 e. The van der Waals surface area contributed by atoms with Gasteiger partial charge in [-0.1, -0.05) is 54.6 Å². The van der Waals surface area contributed by atoms with E-state index >= 15 is 0 Å². The average Bonchev–Trinajstić information content (AvgIpc) is 2.66. The molecule has 3 aromatic rings. The van der Waals surface area contributed by atoms with Crippen molar-refractivity contribution in [1.82, 2.24) is 5.32 Å². The Bertz CT molecular complexity index is 870. The molecule has 4 heteroatoms. The first-order valence-corrected chi connectivity index (χ1v) is 8.20. The Balaban J connectivity index is 1.83. The van der Waals surface area contributed by atoms with Crippen LogP contribution >= 0.6 is 0 Å². The van der Waals surface area contributed by atoms with E-state index < -0.39 is 0 Å². The van der Waals surface area contributed by atoms with E-state index in [1.54, 1.807) is 19.2 Å². The zero-order valence-electron chi connectivity index (χ0n) is 14.4. The van der Waals surface area contributed by atoms with Crippen LogP contribution < -0.4 is 10.1 Å². The van der Waals surface area contributed by atoms with Crippen LogP contribution in [0.15, 0.2) is 66.7 Å². The molecule has 0 aliphatic rings. The molecule has 0 radical (unpaired) electrons. The number of carbonyl (C=O) groups excluding carboxylic acids is 1. The number of amides is 1. The number of para-hydroxylation sites is 1. The Morgan fingerprint density at radius 2 is 1.72 bits per heavy atom. The first-order chi connectivity index (χ1) is 12.2. The van der Waals surface area contributed by atoms with Crippen LogP contribution in [0, 0.1) is 0 Å². The molecule has 128 valence electrons. The number of rotatable bonds is 6. The monoisotopic (exact) mass is 335 g/mol. The Morgan fingerprint density at radius 1 is 1.00 bits per heavy atom. The molecule has 25 heavy (non-hydrogen) atoms. The van der Waals surface area contributed by atoms with Gasteiger partial charge in [0.1, 0.15) is 5.75 Å². The molecule has 3 rings (SSSR count). The summed E-state index contributed by atoms with van der Waals surface area (Å²) < 4.78 is 10.4. The highest BCUT2D eigenvalue weighted by Gasteiger charge is 2.16. The Morgan fingerprint density at radius 3 is 2.56 bits per heavy atom. The lowest BCUT2D eigenvalue weighted by atomic mass is 9.99. The normalized spacial score (nSPS) is 11.9. The lowest BCUT2D eigenvalue weighted by Crippen LogP contribution is -2.27. The van der Waals surface area contributed by atoms with Crippen LogP contribution in [0.1, 0.15) is 28.9 Å². The van der Waals surface area contributed by atoms with Crippen molar-refractivity contribution in [3.8, 4) is 5.75 Å². The fourth-order valence-corrected chi connectivity index (χ4v) is 2.88. The topological polar surface area (TPSA) is 47.6 Å². The van der Waals surface area contributed by atoms with Gasteiger partial charge in [0.25, 0.3) is 5.91 Å². The maximum absolute atomic E-state index is 12.7. The lowest BCUT2D eigenvalue weighted by Gasteiger charge is -2.18. The summed E-state index contributed by atoms with van der Waals surface area (Å²) in [7, 11) is 1.55. The predicted octanol–water partition coefficient (Wildman–Crippen LogP) is 4.31. The average molecular weight is 335 g/mol. The number of ether oxygens (including phenoxy) is 2. The smallest absolute Gasteiger partial charge is 0.255 e. The Kier molecular flexibility index (Phi) is 5.31. The van der Waals surface area contributed by atoms with Crippen molar-refractivity contribution in [3.05, 3.63) is 77.9 Å². The number of fused-ring (bicyclic) bond motifs is 1. The molecule has 1 N–H and O–H groups in total. The summed E-state index contributed by atoms with van der Waals surface area (Å²) in [6.07, 6.45) is 0. The molecule has 0 bridgehead atoms. The molecule has 0 spiro atoms. The number of methoxy groups -OCH3 is 1. The van der Waals surface area contributed by atoms with Gasteiger partial charge in [0.2, 0.25) is 0 Å². The van der Waals surface area contributed by atoms with E-state index in [1.165, 1.54) is 0 Å². The quantitative estimate of drug-likeness (QED) is 0.683. The third-order valence-electron chi connectivity index (χ3n) is 4.10. The van der Waals surface area contributed by atoms with E-state index in [9.17, 15) is 4.79 Å². The van der Waals surface area contributed by atoms with Crippen molar-refractivity contribution >= 4 is 16.7 Å². The van der Waals surface area contributed by atoms with Crippen molar-refractivity contribution in [2.24, 2.45) is 0 Å². The first kappa shape index (κ1) is 17.0. The number of benzene rings is 3. The molecule has 1 amide bonds. The van der Waals surface area contributed by atoms with Gasteiger partial charge in [-0.2, -0.15) is 0 Å². The highest BCUT2D eigenvalue weighted by molar-refractivity contribution is 5.97. The van der Waals surface area contributed by atoms with E-state index in [2.05, 4.69) is 23.5 Å². The minimum Gasteiger partial charge on any atom is -0.467 e. The van der Waals surface area contributed by atoms with Crippen molar-refractivity contribution in [3.63, 3.8) is 0 Å². The van der Waals surface area contributed by atoms with Gasteiger partial charge >= 0.3 is 0 Å². The summed E-state index contributed by atoms with van der Waals surface area (Å²) in [6, 6.07) is 21.3. The van der Waals surface area contributed by atoms with E-state index in [-0.39, 0.29) is 18.7 Å². The molecule has 0 saturated heterocycles. The summed E-state index contributed by atoms with van der Waals surface area (Å²) in [5.41, 5.74) is 1.58. The summed E-state index contributed by atoms with van der Waals surface area (Å²) in [5.74, 6) is 0.333. The Hall–Kier alpha value is -2.85. The fraction of sp³-hybridized carbons (Fsp3) is 0.190. The molecule has 0 fully saturated rings. The number of carbonyl (C=O) groups is 1. The van der Waals surface area contributed by atoms with E-state index in [0.29, 0.717) is 11.3 Å². The first-order valence-electron chi connectivity index (χ1n) is 8.20. The summed E-state index contributed by atoms with van der Waals surface area (Å²) in [4.78, 5) is 12.7. The van der Waals surface area contributed by atoms with Crippen LogP contribution in [0.2, 0.25) is 0 Å². The molecule has 0 saturated carbocycles. The molecule has 1 atom stereocenters. The molecule has 0 aromatic heterocycles. The highest BCUT2D eigenvalue weighted by Crippen LogP contribution is 2.25. The fourth-order valence-electron chi connectivity index (χ4n) is 2.88. The minimum atomic E-state index is -0.174. The van der Waals surface area contributed by atoms with Gasteiger partial charge in [-0.3, -0.25) is 4.79 Å². The van der Waals surface area contributed by atoms with E-state index in [0.717, 1.165) is 16.3 Å². The van der Waals surface area contributed by atoms with Crippen LogP contribution in [0.5, 0.6) is 5.75 Å². The molecule has 0 aliphatic heterocycles. The van der Waals surface area contributed by atoms with E-state index in [4.69, 9.17) is 9.47 Å². The van der Waals surface area contributed by atoms with Gasteiger partial charge in [-0.15, -0.1) is 0 Å². The van der Waals surface area contributed by atoms with Crippen LogP contribution in [0.4, 0.5) is 0 Å². The third-order valence-corrected chi connectivity index (χ3v) is 4.10. The van der Waals surface area contributed by atoms with Crippen molar-refractivity contribution < 1.29 is 14.3 Å². The lowest BCUT2D eigenvalue weighted by molar-refractivity contribution is 0.0500. The van der Waals surface area contributed by atoms with Gasteiger partial charge in [0.15, 0.2) is 6.79 Å². The molecule has 0 unspecified atom stereocenters. The van der Waals surface area contributed by atoms with Gasteiger partial charge < -0.3 is 14.8 Å². The second-order valence-electron chi connectivity index (χ2n) is 5.81. The summed E-state index contributed by atoms with van der Waals surface area (Å²) in [6.45, 7) is 2.08. The van der Waals surface area contributed by atoms with Gasteiger partial charge in [0.05, 0.1) is 11.6 Å².